The lowest BCUT2D eigenvalue weighted by Crippen LogP contribution is -2.22. The zero-order valence-corrected chi connectivity index (χ0v) is 15.2. The van der Waals surface area contributed by atoms with Gasteiger partial charge in [0.25, 0.3) is 0 Å². The first-order valence-corrected chi connectivity index (χ1v) is 9.56. The van der Waals surface area contributed by atoms with Crippen molar-refractivity contribution in [2.75, 3.05) is 26.9 Å². The van der Waals surface area contributed by atoms with Gasteiger partial charge >= 0.3 is 0 Å². The first-order chi connectivity index (χ1) is 10.8. The molecule has 0 aromatic carbocycles. The Labute approximate surface area is 138 Å². The van der Waals surface area contributed by atoms with E-state index in [-0.39, 0.29) is 12.7 Å². The zero-order chi connectivity index (χ0) is 16.3. The molecule has 0 bridgehead atoms. The third-order valence-electron chi connectivity index (χ3n) is 4.23. The van der Waals surface area contributed by atoms with E-state index in [2.05, 4.69) is 6.92 Å². The lowest BCUT2D eigenvalue weighted by molar-refractivity contribution is -0.0205. The Balaban J connectivity index is 3.02. The molecule has 0 radical (unpaired) electrons. The summed E-state index contributed by atoms with van der Waals surface area (Å²) >= 11 is 0. The Hall–Kier alpha value is -0.120. The number of hydrogen-bond acceptors (Lipinski definition) is 3. The van der Waals surface area contributed by atoms with Crippen LogP contribution in [0, 0.1) is 0 Å². The monoisotopic (exact) mass is 316 g/mol. The van der Waals surface area contributed by atoms with Crippen molar-refractivity contribution in [2.45, 2.75) is 96.5 Å². The van der Waals surface area contributed by atoms with Crippen LogP contribution in [-0.4, -0.2) is 38.1 Å². The fourth-order valence-electron chi connectivity index (χ4n) is 2.63. The molecule has 0 spiro atoms. The number of hydrogen-bond donors (Lipinski definition) is 1. The first-order valence-electron chi connectivity index (χ1n) is 9.56. The van der Waals surface area contributed by atoms with Crippen LogP contribution in [0.3, 0.4) is 0 Å². The molecule has 0 aliphatic heterocycles. The van der Waals surface area contributed by atoms with Crippen LogP contribution in [-0.2, 0) is 9.47 Å². The van der Waals surface area contributed by atoms with E-state index in [1.165, 1.54) is 77.0 Å². The van der Waals surface area contributed by atoms with E-state index >= 15 is 0 Å². The first kappa shape index (κ1) is 21.9. The number of aliphatic hydroxyl groups excluding tert-OH is 1. The van der Waals surface area contributed by atoms with Gasteiger partial charge in [0.15, 0.2) is 0 Å². The van der Waals surface area contributed by atoms with Crippen LogP contribution in [0.15, 0.2) is 0 Å². The lowest BCUT2D eigenvalue weighted by atomic mass is 10.0. The summed E-state index contributed by atoms with van der Waals surface area (Å²) in [6.45, 7) is 3.61. The molecule has 0 fully saturated rings. The van der Waals surface area contributed by atoms with E-state index < -0.39 is 0 Å². The Morgan fingerprint density at radius 1 is 0.727 bits per heavy atom. The summed E-state index contributed by atoms with van der Waals surface area (Å²) in [6, 6.07) is 0. The minimum Gasteiger partial charge on any atom is -0.394 e. The van der Waals surface area contributed by atoms with Gasteiger partial charge in [0.05, 0.1) is 13.2 Å². The molecule has 0 rings (SSSR count). The number of methoxy groups -OCH3 is 1. The maximum Gasteiger partial charge on any atom is 0.103 e. The molecule has 1 atom stereocenters. The normalized spacial score (nSPS) is 12.7. The highest BCUT2D eigenvalue weighted by molar-refractivity contribution is 4.52. The molecule has 1 N–H and O–H groups in total. The summed E-state index contributed by atoms with van der Waals surface area (Å²) in [4.78, 5) is 0. The highest BCUT2D eigenvalue weighted by atomic mass is 16.5. The maximum absolute atomic E-state index is 8.94. The van der Waals surface area contributed by atoms with Crippen LogP contribution in [0.1, 0.15) is 90.4 Å². The van der Waals surface area contributed by atoms with Crippen molar-refractivity contribution >= 4 is 0 Å². The van der Waals surface area contributed by atoms with Crippen molar-refractivity contribution in [3.05, 3.63) is 0 Å². The molecule has 0 saturated heterocycles. The quantitative estimate of drug-likeness (QED) is 0.357. The molecule has 1 unspecified atom stereocenters. The molecule has 3 heteroatoms. The highest BCUT2D eigenvalue weighted by Gasteiger charge is 2.04. The summed E-state index contributed by atoms with van der Waals surface area (Å²) < 4.78 is 10.5. The second kappa shape index (κ2) is 18.9. The van der Waals surface area contributed by atoms with Crippen LogP contribution in [0.25, 0.3) is 0 Å². The van der Waals surface area contributed by atoms with Gasteiger partial charge in [-0.05, 0) is 6.42 Å². The Kier molecular flexibility index (Phi) is 18.8. The average Bonchev–Trinajstić information content (AvgIpc) is 2.55. The van der Waals surface area contributed by atoms with Crippen LogP contribution < -0.4 is 0 Å². The fraction of sp³-hybridized carbons (Fsp3) is 1.00. The summed E-state index contributed by atoms with van der Waals surface area (Å²) in [5.74, 6) is 0. The van der Waals surface area contributed by atoms with Gasteiger partial charge in [-0.3, -0.25) is 0 Å². The molecule has 0 heterocycles. The smallest absolute Gasteiger partial charge is 0.103 e. The third kappa shape index (κ3) is 16.3. The summed E-state index contributed by atoms with van der Waals surface area (Å²) in [7, 11) is 1.61. The Morgan fingerprint density at radius 3 is 1.59 bits per heavy atom. The molecule has 0 aromatic heterocycles. The van der Waals surface area contributed by atoms with Crippen molar-refractivity contribution in [1.82, 2.24) is 0 Å². The van der Waals surface area contributed by atoms with Gasteiger partial charge in [-0.25, -0.2) is 0 Å². The van der Waals surface area contributed by atoms with Crippen molar-refractivity contribution < 1.29 is 14.6 Å². The second-order valence-corrected chi connectivity index (χ2v) is 6.36. The van der Waals surface area contributed by atoms with Crippen molar-refractivity contribution in [1.29, 1.82) is 0 Å². The van der Waals surface area contributed by atoms with Gasteiger partial charge in [-0.2, -0.15) is 0 Å². The van der Waals surface area contributed by atoms with E-state index in [0.29, 0.717) is 6.61 Å². The van der Waals surface area contributed by atoms with Crippen LogP contribution >= 0.6 is 0 Å². The molecule has 0 aliphatic rings. The maximum atomic E-state index is 8.94. The lowest BCUT2D eigenvalue weighted by Gasteiger charge is -2.12. The molecule has 0 saturated carbocycles. The van der Waals surface area contributed by atoms with Gasteiger partial charge in [-0.15, -0.1) is 0 Å². The molecular formula is C19H40O3. The molecular weight excluding hydrogens is 276 g/mol. The number of rotatable bonds is 18. The van der Waals surface area contributed by atoms with E-state index in [9.17, 15) is 0 Å². The molecule has 0 amide bonds. The van der Waals surface area contributed by atoms with Crippen LogP contribution in [0.4, 0.5) is 0 Å². The van der Waals surface area contributed by atoms with E-state index in [0.717, 1.165) is 13.0 Å². The SMILES string of the molecule is CCCCCCCCCCCCCCCOCC(CO)OC. The van der Waals surface area contributed by atoms with Gasteiger partial charge in [0.1, 0.15) is 6.10 Å². The minimum atomic E-state index is -0.165. The standard InChI is InChI=1S/C19H40O3/c1-3-4-5-6-7-8-9-10-11-12-13-14-15-16-22-18-19(17-20)21-2/h19-20H,3-18H2,1-2H3. The average molecular weight is 317 g/mol. The predicted molar refractivity (Wildman–Crippen MR) is 94.4 cm³/mol. The molecule has 134 valence electrons. The Morgan fingerprint density at radius 2 is 1.18 bits per heavy atom. The van der Waals surface area contributed by atoms with E-state index in [4.69, 9.17) is 14.6 Å². The van der Waals surface area contributed by atoms with Gasteiger partial charge in [-0.1, -0.05) is 84.0 Å². The van der Waals surface area contributed by atoms with Crippen LogP contribution in [0.2, 0.25) is 0 Å². The second-order valence-electron chi connectivity index (χ2n) is 6.36. The van der Waals surface area contributed by atoms with E-state index in [1.807, 2.05) is 0 Å². The molecule has 0 aliphatic carbocycles. The van der Waals surface area contributed by atoms with Gasteiger partial charge < -0.3 is 14.6 Å². The van der Waals surface area contributed by atoms with Gasteiger partial charge in [0, 0.05) is 13.7 Å². The largest absolute Gasteiger partial charge is 0.394 e. The topological polar surface area (TPSA) is 38.7 Å². The molecule has 3 nitrogen and oxygen atoms in total. The molecule has 0 aromatic rings. The predicted octanol–water partition coefficient (Wildman–Crippen LogP) is 5.10. The van der Waals surface area contributed by atoms with Crippen molar-refractivity contribution in [3.8, 4) is 0 Å². The minimum absolute atomic E-state index is 0.0368. The van der Waals surface area contributed by atoms with E-state index in [1.54, 1.807) is 7.11 Å². The van der Waals surface area contributed by atoms with Crippen molar-refractivity contribution in [2.24, 2.45) is 0 Å². The number of aliphatic hydroxyl groups is 1. The zero-order valence-electron chi connectivity index (χ0n) is 15.2. The Bertz CT molecular complexity index is 193. The highest BCUT2D eigenvalue weighted by Crippen LogP contribution is 2.12. The fourth-order valence-corrected chi connectivity index (χ4v) is 2.63. The van der Waals surface area contributed by atoms with Crippen LogP contribution in [0.5, 0.6) is 0 Å². The third-order valence-corrected chi connectivity index (χ3v) is 4.23. The molecule has 22 heavy (non-hydrogen) atoms. The van der Waals surface area contributed by atoms with Crippen molar-refractivity contribution in [3.63, 3.8) is 0 Å². The number of ether oxygens (including phenoxy) is 2. The summed E-state index contributed by atoms with van der Waals surface area (Å²) in [5.41, 5.74) is 0. The summed E-state index contributed by atoms with van der Waals surface area (Å²) in [6.07, 6.45) is 17.6. The summed E-state index contributed by atoms with van der Waals surface area (Å²) in [5, 5.41) is 8.94. The number of unbranched alkanes of at least 4 members (excludes halogenated alkanes) is 12. The van der Waals surface area contributed by atoms with Gasteiger partial charge in [0.2, 0.25) is 0 Å².